The molecule has 7 nitrogen and oxygen atoms in total. The van der Waals surface area contributed by atoms with Crippen LogP contribution in [-0.4, -0.2) is 34.5 Å². The van der Waals surface area contributed by atoms with Crippen LogP contribution in [0, 0.1) is 6.92 Å². The van der Waals surface area contributed by atoms with Crippen molar-refractivity contribution in [3.05, 3.63) is 52.5 Å². The van der Waals surface area contributed by atoms with Gasteiger partial charge in [0.05, 0.1) is 23.9 Å². The van der Waals surface area contributed by atoms with Gasteiger partial charge in [-0.2, -0.15) is 10.2 Å². The lowest BCUT2D eigenvalue weighted by Gasteiger charge is -2.03. The molecule has 3 N–H and O–H groups in total. The molecule has 3 rings (SSSR count). The van der Waals surface area contributed by atoms with Gasteiger partial charge in [-0.15, -0.1) is 11.3 Å². The molecule has 1 amide bonds. The molecule has 0 atom stereocenters. The summed E-state index contributed by atoms with van der Waals surface area (Å²) in [5.41, 5.74) is 4.13. The summed E-state index contributed by atoms with van der Waals surface area (Å²) in [7, 11) is 1.46. The Bertz CT molecular complexity index is 930. The number of hydrogen-bond acceptors (Lipinski definition) is 6. The van der Waals surface area contributed by atoms with Crippen molar-refractivity contribution in [1.82, 2.24) is 15.6 Å². The Kier molecular flexibility index (Phi) is 4.80. The fourth-order valence-electron chi connectivity index (χ4n) is 2.14. The zero-order valence-corrected chi connectivity index (χ0v) is 14.4. The predicted octanol–water partition coefficient (Wildman–Crippen LogP) is 2.92. The number of phenols is 1. The van der Waals surface area contributed by atoms with Gasteiger partial charge in [-0.3, -0.25) is 9.89 Å². The number of hydrazone groups is 1. The zero-order chi connectivity index (χ0) is 17.8. The SMILES string of the molecule is COc1cc(/C=N/NC(=O)c2cc(-c3ccc(C)s3)[nH]n2)ccc1O. The highest BCUT2D eigenvalue weighted by Gasteiger charge is 2.11. The quantitative estimate of drug-likeness (QED) is 0.483. The second-order valence-electron chi connectivity index (χ2n) is 5.21. The van der Waals surface area contributed by atoms with Gasteiger partial charge in [0.25, 0.3) is 5.91 Å². The number of carbonyl (C=O) groups is 1. The number of methoxy groups -OCH3 is 1. The molecular formula is C17H16N4O3S. The van der Waals surface area contributed by atoms with Crippen molar-refractivity contribution in [2.45, 2.75) is 6.92 Å². The summed E-state index contributed by atoms with van der Waals surface area (Å²) in [5.74, 6) is -0.0483. The number of ether oxygens (including phenoxy) is 1. The van der Waals surface area contributed by atoms with Gasteiger partial charge in [-0.25, -0.2) is 5.43 Å². The normalized spacial score (nSPS) is 11.0. The first kappa shape index (κ1) is 16.7. The van der Waals surface area contributed by atoms with Crippen molar-refractivity contribution in [2.75, 3.05) is 7.11 Å². The summed E-state index contributed by atoms with van der Waals surface area (Å²) >= 11 is 1.62. The van der Waals surface area contributed by atoms with Gasteiger partial charge in [0.15, 0.2) is 17.2 Å². The molecule has 8 heteroatoms. The highest BCUT2D eigenvalue weighted by molar-refractivity contribution is 7.15. The van der Waals surface area contributed by atoms with Crippen LogP contribution in [0.25, 0.3) is 10.6 Å². The smallest absolute Gasteiger partial charge is 0.291 e. The van der Waals surface area contributed by atoms with E-state index in [1.54, 1.807) is 29.5 Å². The Labute approximate surface area is 148 Å². The minimum Gasteiger partial charge on any atom is -0.504 e. The number of carbonyl (C=O) groups excluding carboxylic acids is 1. The summed E-state index contributed by atoms with van der Waals surface area (Å²) in [6, 6.07) is 10.4. The summed E-state index contributed by atoms with van der Waals surface area (Å²) in [5, 5.41) is 20.3. The maximum absolute atomic E-state index is 12.1. The second kappa shape index (κ2) is 7.18. The third-order valence-electron chi connectivity index (χ3n) is 3.40. The van der Waals surface area contributed by atoms with Crippen LogP contribution in [0.3, 0.4) is 0 Å². The number of aromatic hydroxyl groups is 1. The van der Waals surface area contributed by atoms with E-state index in [2.05, 4.69) is 20.7 Å². The van der Waals surface area contributed by atoms with E-state index in [4.69, 9.17) is 4.74 Å². The Morgan fingerprint density at radius 3 is 2.92 bits per heavy atom. The number of amides is 1. The van der Waals surface area contributed by atoms with Crippen LogP contribution >= 0.6 is 11.3 Å². The van der Waals surface area contributed by atoms with Crippen molar-refractivity contribution >= 4 is 23.5 Å². The second-order valence-corrected chi connectivity index (χ2v) is 6.50. The third kappa shape index (κ3) is 3.86. The number of benzene rings is 1. The lowest BCUT2D eigenvalue weighted by Crippen LogP contribution is -2.18. The van der Waals surface area contributed by atoms with Crippen molar-refractivity contribution in [2.24, 2.45) is 5.10 Å². The summed E-state index contributed by atoms with van der Waals surface area (Å²) in [4.78, 5) is 14.3. The highest BCUT2D eigenvalue weighted by Crippen LogP contribution is 2.26. The minimum atomic E-state index is -0.419. The van der Waals surface area contributed by atoms with Crippen LogP contribution in [0.15, 0.2) is 41.5 Å². The molecule has 0 saturated carbocycles. The lowest BCUT2D eigenvalue weighted by atomic mass is 10.2. The van der Waals surface area contributed by atoms with Crippen molar-refractivity contribution in [3.63, 3.8) is 0 Å². The van der Waals surface area contributed by atoms with Gasteiger partial charge in [0.1, 0.15) is 0 Å². The van der Waals surface area contributed by atoms with Gasteiger partial charge < -0.3 is 9.84 Å². The summed E-state index contributed by atoms with van der Waals surface area (Å²) in [6.45, 7) is 2.02. The number of phenolic OH excluding ortho intramolecular Hbond substituents is 1. The van der Waals surface area contributed by atoms with E-state index in [1.165, 1.54) is 24.3 Å². The molecule has 2 aromatic heterocycles. The van der Waals surface area contributed by atoms with Gasteiger partial charge in [-0.1, -0.05) is 0 Å². The highest BCUT2D eigenvalue weighted by atomic mass is 32.1. The molecular weight excluding hydrogens is 340 g/mol. The molecule has 0 aliphatic heterocycles. The predicted molar refractivity (Wildman–Crippen MR) is 96.4 cm³/mol. The van der Waals surface area contributed by atoms with Gasteiger partial charge >= 0.3 is 0 Å². The number of hydrogen-bond donors (Lipinski definition) is 3. The average molecular weight is 356 g/mol. The number of nitrogens with zero attached hydrogens (tertiary/aromatic N) is 2. The van der Waals surface area contributed by atoms with E-state index in [-0.39, 0.29) is 11.4 Å². The third-order valence-corrected chi connectivity index (χ3v) is 4.43. The molecule has 0 aliphatic rings. The summed E-state index contributed by atoms with van der Waals surface area (Å²) in [6.07, 6.45) is 1.45. The van der Waals surface area contributed by atoms with E-state index in [1.807, 2.05) is 19.1 Å². The Hall–Kier alpha value is -3.13. The topological polar surface area (TPSA) is 99.6 Å². The maximum Gasteiger partial charge on any atom is 0.291 e. The first-order valence-corrected chi connectivity index (χ1v) is 8.21. The standard InChI is InChI=1S/C17H16N4O3S/c1-10-3-6-16(25-10)12-8-13(20-19-12)17(23)21-18-9-11-4-5-14(22)15(7-11)24-2/h3-9,22H,1-2H3,(H,19,20)(H,21,23)/b18-9+. The van der Waals surface area contributed by atoms with Crippen molar-refractivity contribution in [1.29, 1.82) is 0 Å². The molecule has 3 aromatic rings. The Morgan fingerprint density at radius 1 is 1.36 bits per heavy atom. The van der Waals surface area contributed by atoms with E-state index in [9.17, 15) is 9.90 Å². The number of H-pyrrole nitrogens is 1. The van der Waals surface area contributed by atoms with Gasteiger partial charge in [0.2, 0.25) is 0 Å². The Balaban J connectivity index is 1.66. The minimum absolute atomic E-state index is 0.0385. The molecule has 2 heterocycles. The number of rotatable bonds is 5. The molecule has 0 saturated heterocycles. The van der Waals surface area contributed by atoms with E-state index < -0.39 is 5.91 Å². The molecule has 0 aliphatic carbocycles. The Morgan fingerprint density at radius 2 is 2.20 bits per heavy atom. The van der Waals surface area contributed by atoms with E-state index in [0.717, 1.165) is 10.6 Å². The number of thiophene rings is 1. The maximum atomic E-state index is 12.1. The van der Waals surface area contributed by atoms with Crippen molar-refractivity contribution in [3.8, 4) is 22.1 Å². The van der Waals surface area contributed by atoms with Crippen LogP contribution in [0.2, 0.25) is 0 Å². The van der Waals surface area contributed by atoms with Crippen LogP contribution in [0.5, 0.6) is 11.5 Å². The summed E-state index contributed by atoms with van der Waals surface area (Å²) < 4.78 is 5.02. The molecule has 0 radical (unpaired) electrons. The molecule has 0 unspecified atom stereocenters. The van der Waals surface area contributed by atoms with Gasteiger partial charge in [-0.05, 0) is 48.9 Å². The first-order valence-electron chi connectivity index (χ1n) is 7.39. The molecule has 0 fully saturated rings. The molecule has 0 spiro atoms. The fourth-order valence-corrected chi connectivity index (χ4v) is 2.97. The van der Waals surface area contributed by atoms with Crippen LogP contribution < -0.4 is 10.2 Å². The monoisotopic (exact) mass is 356 g/mol. The largest absolute Gasteiger partial charge is 0.504 e. The lowest BCUT2D eigenvalue weighted by molar-refractivity contribution is 0.0950. The van der Waals surface area contributed by atoms with Crippen LogP contribution in [-0.2, 0) is 0 Å². The van der Waals surface area contributed by atoms with E-state index in [0.29, 0.717) is 11.3 Å². The molecule has 1 aromatic carbocycles. The van der Waals surface area contributed by atoms with Gasteiger partial charge in [0, 0.05) is 4.88 Å². The molecule has 25 heavy (non-hydrogen) atoms. The number of aryl methyl sites for hydroxylation is 1. The van der Waals surface area contributed by atoms with Crippen molar-refractivity contribution < 1.29 is 14.6 Å². The number of nitrogens with one attached hydrogen (secondary N) is 2. The first-order chi connectivity index (χ1) is 12.1. The fraction of sp³-hybridized carbons (Fsp3) is 0.118. The number of aromatic nitrogens is 2. The van der Waals surface area contributed by atoms with Crippen LogP contribution in [0.1, 0.15) is 20.9 Å². The zero-order valence-electron chi connectivity index (χ0n) is 13.6. The molecule has 0 bridgehead atoms. The number of aromatic amines is 1. The van der Waals surface area contributed by atoms with E-state index >= 15 is 0 Å². The van der Waals surface area contributed by atoms with Crippen LogP contribution in [0.4, 0.5) is 0 Å². The molecule has 128 valence electrons. The average Bonchev–Trinajstić information content (AvgIpc) is 3.25.